The van der Waals surface area contributed by atoms with Gasteiger partial charge >= 0.3 is 8.25 Å². The van der Waals surface area contributed by atoms with Crippen LogP contribution in [0.1, 0.15) is 168 Å². The Kier molecular flexibility index (Phi) is 31.1. The molecule has 0 aliphatic rings. The molecule has 5 nitrogen and oxygen atoms in total. The Morgan fingerprint density at radius 3 is 1.11 bits per heavy atom. The van der Waals surface area contributed by atoms with E-state index in [0.29, 0.717) is 6.61 Å². The molecule has 0 bridgehead atoms. The molecule has 0 spiro atoms. The van der Waals surface area contributed by atoms with E-state index in [1.54, 1.807) is 0 Å². The van der Waals surface area contributed by atoms with E-state index in [1.165, 1.54) is 141 Å². The van der Waals surface area contributed by atoms with E-state index >= 15 is 0 Å². The first kappa shape index (κ1) is 35.9. The van der Waals surface area contributed by atoms with Gasteiger partial charge in [0.15, 0.2) is 0 Å². The molecule has 0 aromatic rings. The Bertz CT molecular complexity index is 411. The lowest BCUT2D eigenvalue weighted by Gasteiger charge is -2.21. The third kappa shape index (κ3) is 30.2. The Labute approximate surface area is 226 Å². The molecule has 0 aromatic carbocycles. The molecular weight excluding hydrogens is 469 g/mol. The number of hydrogen-bond donors (Lipinski definition) is 1. The summed E-state index contributed by atoms with van der Waals surface area (Å²) in [5, 5.41) is 2.07. The van der Waals surface area contributed by atoms with Crippen LogP contribution in [0.15, 0.2) is 0 Å². The maximum Gasteiger partial charge on any atom is 0.694 e. The first-order valence-corrected chi connectivity index (χ1v) is 17.0. The molecular formula is C30H63NO4P+. The van der Waals surface area contributed by atoms with Crippen LogP contribution in [0.4, 0.5) is 0 Å². The highest BCUT2D eigenvalue weighted by molar-refractivity contribution is 7.32. The summed E-state index contributed by atoms with van der Waals surface area (Å²) in [4.78, 5) is 14.6. The van der Waals surface area contributed by atoms with E-state index in [-0.39, 0.29) is 6.61 Å². The van der Waals surface area contributed by atoms with Crippen molar-refractivity contribution in [3.8, 4) is 0 Å². The molecule has 0 amide bonds. The summed E-state index contributed by atoms with van der Waals surface area (Å²) >= 11 is 0. The number of nitrogens with zero attached hydrogens (tertiary/aromatic N) is 1. The van der Waals surface area contributed by atoms with Crippen molar-refractivity contribution in [1.82, 2.24) is 5.06 Å². The van der Waals surface area contributed by atoms with Gasteiger partial charge in [-0.25, -0.2) is 0 Å². The standard InChI is InChI=1S/C30H62NO4P/c1-3-5-7-9-11-13-15-17-19-21-23-25-27-31(34-29-30-35-36(32)33)28-26-24-22-20-18-16-14-12-10-8-6-4-2/h3-30H2,1-2H3/p+1. The smallest absolute Gasteiger partial charge is 0.296 e. The lowest BCUT2D eigenvalue weighted by molar-refractivity contribution is -0.165. The van der Waals surface area contributed by atoms with Crippen molar-refractivity contribution < 1.29 is 18.8 Å². The molecule has 0 aromatic heterocycles. The van der Waals surface area contributed by atoms with Crippen LogP contribution in [0.25, 0.3) is 0 Å². The van der Waals surface area contributed by atoms with Gasteiger partial charge in [0.1, 0.15) is 6.61 Å². The molecule has 0 heterocycles. The van der Waals surface area contributed by atoms with E-state index in [1.807, 2.05) is 0 Å². The summed E-state index contributed by atoms with van der Waals surface area (Å²) in [5.74, 6) is 0. The predicted molar refractivity (Wildman–Crippen MR) is 155 cm³/mol. The van der Waals surface area contributed by atoms with E-state index in [2.05, 4.69) is 18.9 Å². The van der Waals surface area contributed by atoms with Crippen molar-refractivity contribution >= 4 is 8.25 Å². The molecule has 0 rings (SSSR count). The van der Waals surface area contributed by atoms with Gasteiger partial charge in [-0.05, 0) is 12.8 Å². The largest absolute Gasteiger partial charge is 0.694 e. The average molecular weight is 533 g/mol. The second-order valence-corrected chi connectivity index (χ2v) is 11.3. The minimum Gasteiger partial charge on any atom is -0.296 e. The zero-order valence-electron chi connectivity index (χ0n) is 24.4. The quantitative estimate of drug-likeness (QED) is 0.0546. The first-order chi connectivity index (χ1) is 17.7. The summed E-state index contributed by atoms with van der Waals surface area (Å²) in [5.41, 5.74) is 0. The minimum absolute atomic E-state index is 0.166. The fourth-order valence-electron chi connectivity index (χ4n) is 4.78. The van der Waals surface area contributed by atoms with E-state index in [9.17, 15) is 4.57 Å². The molecule has 1 atom stereocenters. The molecule has 36 heavy (non-hydrogen) atoms. The van der Waals surface area contributed by atoms with Crippen molar-refractivity contribution in [3.63, 3.8) is 0 Å². The summed E-state index contributed by atoms with van der Waals surface area (Å²) < 4.78 is 15.4. The molecule has 6 heteroatoms. The van der Waals surface area contributed by atoms with Crippen LogP contribution in [-0.4, -0.2) is 36.3 Å². The van der Waals surface area contributed by atoms with Crippen LogP contribution in [-0.2, 0) is 13.9 Å². The zero-order chi connectivity index (χ0) is 26.4. The molecule has 216 valence electrons. The molecule has 0 aliphatic carbocycles. The van der Waals surface area contributed by atoms with Gasteiger partial charge in [-0.1, -0.05) is 155 Å². The zero-order valence-corrected chi connectivity index (χ0v) is 25.3. The fraction of sp³-hybridized carbons (Fsp3) is 1.00. The van der Waals surface area contributed by atoms with E-state index in [4.69, 9.17) is 14.3 Å². The number of rotatable bonds is 31. The Morgan fingerprint density at radius 2 is 0.806 bits per heavy atom. The van der Waals surface area contributed by atoms with Gasteiger partial charge in [0.2, 0.25) is 0 Å². The van der Waals surface area contributed by atoms with E-state index < -0.39 is 8.25 Å². The third-order valence-electron chi connectivity index (χ3n) is 7.08. The van der Waals surface area contributed by atoms with Crippen molar-refractivity contribution in [2.75, 3.05) is 26.3 Å². The summed E-state index contributed by atoms with van der Waals surface area (Å²) in [6.45, 7) is 6.96. The predicted octanol–water partition coefficient (Wildman–Crippen LogP) is 10.3. The number of hydroxylamine groups is 2. The van der Waals surface area contributed by atoms with Crippen LogP contribution < -0.4 is 0 Å². The summed E-state index contributed by atoms with van der Waals surface area (Å²) in [6.07, 6.45) is 32.5. The second kappa shape index (κ2) is 31.2. The van der Waals surface area contributed by atoms with Gasteiger partial charge in [0.25, 0.3) is 0 Å². The Hall–Kier alpha value is -0.0600. The van der Waals surface area contributed by atoms with Crippen LogP contribution in [0.5, 0.6) is 0 Å². The Balaban J connectivity index is 3.74. The van der Waals surface area contributed by atoms with Gasteiger partial charge in [-0.15, -0.1) is 9.42 Å². The highest BCUT2D eigenvalue weighted by atomic mass is 31.1. The number of unbranched alkanes of at least 4 members (excludes halogenated alkanes) is 22. The minimum atomic E-state index is -2.53. The lowest BCUT2D eigenvalue weighted by Crippen LogP contribution is -2.28. The maximum absolute atomic E-state index is 10.7. The topological polar surface area (TPSA) is 59.0 Å². The van der Waals surface area contributed by atoms with Gasteiger partial charge < -0.3 is 0 Å². The lowest BCUT2D eigenvalue weighted by atomic mass is 10.0. The molecule has 0 radical (unpaired) electrons. The van der Waals surface area contributed by atoms with Crippen molar-refractivity contribution in [2.24, 2.45) is 0 Å². The number of hydrogen-bond acceptors (Lipinski definition) is 4. The van der Waals surface area contributed by atoms with Gasteiger partial charge in [-0.3, -0.25) is 4.84 Å². The monoisotopic (exact) mass is 532 g/mol. The van der Waals surface area contributed by atoms with Crippen LogP contribution in [0.2, 0.25) is 0 Å². The van der Waals surface area contributed by atoms with Crippen molar-refractivity contribution in [1.29, 1.82) is 0 Å². The highest BCUT2D eigenvalue weighted by Gasteiger charge is 2.12. The average Bonchev–Trinajstić information content (AvgIpc) is 2.87. The van der Waals surface area contributed by atoms with Crippen molar-refractivity contribution in [2.45, 2.75) is 168 Å². The van der Waals surface area contributed by atoms with Gasteiger partial charge in [0, 0.05) is 17.7 Å². The van der Waals surface area contributed by atoms with Crippen molar-refractivity contribution in [3.05, 3.63) is 0 Å². The molecule has 0 saturated carbocycles. The second-order valence-electron chi connectivity index (χ2n) is 10.6. The molecule has 1 unspecified atom stereocenters. The highest BCUT2D eigenvalue weighted by Crippen LogP contribution is 2.15. The molecule has 0 aliphatic heterocycles. The van der Waals surface area contributed by atoms with Crippen LogP contribution >= 0.6 is 8.25 Å². The Morgan fingerprint density at radius 1 is 0.500 bits per heavy atom. The van der Waals surface area contributed by atoms with Gasteiger partial charge in [-0.2, -0.15) is 5.06 Å². The SMILES string of the molecule is CCCCCCCCCCCCCCN(CCCCCCCCCCCCCC)OCCO[P+](=O)O. The van der Waals surface area contributed by atoms with Gasteiger partial charge in [0.05, 0.1) is 6.61 Å². The summed E-state index contributed by atoms with van der Waals surface area (Å²) in [6, 6.07) is 0. The summed E-state index contributed by atoms with van der Waals surface area (Å²) in [7, 11) is -2.53. The molecule has 0 saturated heterocycles. The van der Waals surface area contributed by atoms with E-state index in [0.717, 1.165) is 25.9 Å². The third-order valence-corrected chi connectivity index (χ3v) is 7.48. The first-order valence-electron chi connectivity index (χ1n) is 15.9. The molecule has 1 N–H and O–H groups in total. The molecule has 0 fully saturated rings. The fourth-order valence-corrected chi connectivity index (χ4v) is 5.01. The maximum atomic E-state index is 10.7. The normalized spacial score (nSPS) is 12.1. The van der Waals surface area contributed by atoms with Crippen LogP contribution in [0.3, 0.4) is 0 Å². The van der Waals surface area contributed by atoms with Crippen LogP contribution in [0, 0.1) is 0 Å².